The van der Waals surface area contributed by atoms with Gasteiger partial charge < -0.3 is 4.74 Å². The number of fused-ring (bicyclic) bond motifs is 1. The second kappa shape index (κ2) is 6.05. The van der Waals surface area contributed by atoms with Gasteiger partial charge in [-0.05, 0) is 51.1 Å². The molecule has 116 valence electrons. The van der Waals surface area contributed by atoms with Crippen LogP contribution in [0.5, 0.6) is 0 Å². The molecule has 1 aliphatic carbocycles. The SMILES string of the molecule is c1c(CN2CCCCC2)nnn1CC1CC2CCCC2O1. The molecule has 21 heavy (non-hydrogen) atoms. The van der Waals surface area contributed by atoms with E-state index in [1.807, 2.05) is 4.68 Å². The van der Waals surface area contributed by atoms with E-state index in [-0.39, 0.29) is 0 Å². The van der Waals surface area contributed by atoms with Gasteiger partial charge in [0, 0.05) is 12.7 Å². The van der Waals surface area contributed by atoms with Crippen LogP contribution >= 0.6 is 0 Å². The molecule has 2 aliphatic heterocycles. The molecule has 0 bridgehead atoms. The monoisotopic (exact) mass is 290 g/mol. The fraction of sp³-hybridized carbons (Fsp3) is 0.875. The summed E-state index contributed by atoms with van der Waals surface area (Å²) in [5, 5.41) is 8.64. The molecule has 1 aromatic heterocycles. The van der Waals surface area contributed by atoms with Crippen molar-refractivity contribution in [3.05, 3.63) is 11.9 Å². The van der Waals surface area contributed by atoms with Gasteiger partial charge in [-0.15, -0.1) is 5.10 Å². The van der Waals surface area contributed by atoms with Crippen LogP contribution in [0.25, 0.3) is 0 Å². The normalized spacial score (nSPS) is 33.4. The highest BCUT2D eigenvalue weighted by molar-refractivity contribution is 4.94. The molecule has 2 saturated heterocycles. The summed E-state index contributed by atoms with van der Waals surface area (Å²) in [5.74, 6) is 0.811. The Morgan fingerprint density at radius 2 is 2.05 bits per heavy atom. The number of hydrogen-bond acceptors (Lipinski definition) is 4. The Kier molecular flexibility index (Phi) is 3.95. The van der Waals surface area contributed by atoms with Crippen LogP contribution in [0.1, 0.15) is 50.6 Å². The summed E-state index contributed by atoms with van der Waals surface area (Å²) in [7, 11) is 0. The van der Waals surface area contributed by atoms with Gasteiger partial charge in [0.25, 0.3) is 0 Å². The summed E-state index contributed by atoms with van der Waals surface area (Å²) in [6, 6.07) is 0. The number of ether oxygens (including phenoxy) is 1. The average Bonchev–Trinajstić information content (AvgIpc) is 3.17. The largest absolute Gasteiger partial charge is 0.373 e. The van der Waals surface area contributed by atoms with Crippen LogP contribution in [0, 0.1) is 5.92 Å². The van der Waals surface area contributed by atoms with Crippen molar-refractivity contribution in [2.45, 2.75) is 70.2 Å². The van der Waals surface area contributed by atoms with Crippen molar-refractivity contribution in [1.29, 1.82) is 0 Å². The minimum absolute atomic E-state index is 0.352. The second-order valence-electron chi connectivity index (χ2n) is 6.99. The fourth-order valence-electron chi connectivity index (χ4n) is 4.27. The molecule has 5 heteroatoms. The van der Waals surface area contributed by atoms with Crippen molar-refractivity contribution in [3.8, 4) is 0 Å². The number of hydrogen-bond donors (Lipinski definition) is 0. The molecule has 1 aromatic rings. The molecule has 4 rings (SSSR count). The van der Waals surface area contributed by atoms with E-state index < -0.39 is 0 Å². The molecule has 3 heterocycles. The molecule has 3 fully saturated rings. The first-order valence-electron chi connectivity index (χ1n) is 8.63. The summed E-state index contributed by atoms with van der Waals surface area (Å²) < 4.78 is 8.14. The number of nitrogens with zero attached hydrogens (tertiary/aromatic N) is 4. The van der Waals surface area contributed by atoms with E-state index in [0.29, 0.717) is 12.2 Å². The van der Waals surface area contributed by atoms with Crippen molar-refractivity contribution in [3.63, 3.8) is 0 Å². The third-order valence-corrected chi connectivity index (χ3v) is 5.33. The molecule has 0 N–H and O–H groups in total. The van der Waals surface area contributed by atoms with Gasteiger partial charge in [0.2, 0.25) is 0 Å². The highest BCUT2D eigenvalue weighted by Crippen LogP contribution is 2.39. The van der Waals surface area contributed by atoms with Crippen LogP contribution in [0.2, 0.25) is 0 Å². The van der Waals surface area contributed by atoms with Crippen molar-refractivity contribution >= 4 is 0 Å². The lowest BCUT2D eigenvalue weighted by molar-refractivity contribution is 0.0300. The summed E-state index contributed by atoms with van der Waals surface area (Å²) in [6.45, 7) is 4.25. The van der Waals surface area contributed by atoms with Gasteiger partial charge in [0.15, 0.2) is 0 Å². The van der Waals surface area contributed by atoms with E-state index in [1.54, 1.807) is 0 Å². The van der Waals surface area contributed by atoms with Crippen LogP contribution < -0.4 is 0 Å². The molecule has 5 nitrogen and oxygen atoms in total. The van der Waals surface area contributed by atoms with Crippen molar-refractivity contribution in [2.75, 3.05) is 13.1 Å². The molecule has 0 aromatic carbocycles. The number of aromatic nitrogens is 3. The number of likely N-dealkylation sites (tertiary alicyclic amines) is 1. The Labute approximate surface area is 126 Å². The van der Waals surface area contributed by atoms with E-state index in [4.69, 9.17) is 4.74 Å². The van der Waals surface area contributed by atoms with Gasteiger partial charge >= 0.3 is 0 Å². The quantitative estimate of drug-likeness (QED) is 0.853. The molecular weight excluding hydrogens is 264 g/mol. The molecular formula is C16H26N4O. The first-order chi connectivity index (χ1) is 10.4. The van der Waals surface area contributed by atoms with Crippen LogP contribution in [0.4, 0.5) is 0 Å². The Hall–Kier alpha value is -0.940. The molecule has 3 aliphatic rings. The first kappa shape index (κ1) is 13.7. The summed E-state index contributed by atoms with van der Waals surface area (Å²) in [6.07, 6.45) is 12.2. The predicted octanol–water partition coefficient (Wildman–Crippen LogP) is 2.22. The van der Waals surface area contributed by atoms with E-state index in [0.717, 1.165) is 24.7 Å². The molecule has 3 atom stereocenters. The van der Waals surface area contributed by atoms with Crippen molar-refractivity contribution < 1.29 is 4.74 Å². The molecule has 0 radical (unpaired) electrons. The summed E-state index contributed by atoms with van der Waals surface area (Å²) in [5.41, 5.74) is 1.11. The minimum atomic E-state index is 0.352. The average molecular weight is 290 g/mol. The number of piperidine rings is 1. The van der Waals surface area contributed by atoms with Gasteiger partial charge in [-0.25, -0.2) is 4.68 Å². The molecule has 3 unspecified atom stereocenters. The lowest BCUT2D eigenvalue weighted by atomic mass is 10.0. The minimum Gasteiger partial charge on any atom is -0.373 e. The van der Waals surface area contributed by atoms with E-state index in [2.05, 4.69) is 21.4 Å². The van der Waals surface area contributed by atoms with E-state index in [9.17, 15) is 0 Å². The van der Waals surface area contributed by atoms with E-state index >= 15 is 0 Å². The third-order valence-electron chi connectivity index (χ3n) is 5.33. The van der Waals surface area contributed by atoms with E-state index in [1.165, 1.54) is 58.0 Å². The Morgan fingerprint density at radius 1 is 1.14 bits per heavy atom. The maximum Gasteiger partial charge on any atom is 0.0967 e. The summed E-state index contributed by atoms with van der Waals surface area (Å²) in [4.78, 5) is 2.49. The van der Waals surface area contributed by atoms with Crippen LogP contribution in [0.15, 0.2) is 6.20 Å². The topological polar surface area (TPSA) is 43.2 Å². The molecule has 0 amide bonds. The highest BCUT2D eigenvalue weighted by atomic mass is 16.5. The lowest BCUT2D eigenvalue weighted by Crippen LogP contribution is -2.29. The van der Waals surface area contributed by atoms with Crippen molar-refractivity contribution in [1.82, 2.24) is 19.9 Å². The van der Waals surface area contributed by atoms with Gasteiger partial charge in [0.05, 0.1) is 24.4 Å². The Balaban J connectivity index is 1.30. The Bertz CT molecular complexity index is 457. The van der Waals surface area contributed by atoms with Gasteiger partial charge in [-0.2, -0.15) is 0 Å². The fourth-order valence-corrected chi connectivity index (χ4v) is 4.27. The van der Waals surface area contributed by atoms with Gasteiger partial charge in [-0.3, -0.25) is 4.90 Å². The molecule has 1 saturated carbocycles. The summed E-state index contributed by atoms with van der Waals surface area (Å²) >= 11 is 0. The zero-order valence-corrected chi connectivity index (χ0v) is 12.8. The van der Waals surface area contributed by atoms with Crippen LogP contribution in [-0.4, -0.2) is 45.2 Å². The first-order valence-corrected chi connectivity index (χ1v) is 8.63. The second-order valence-corrected chi connectivity index (χ2v) is 6.99. The number of rotatable bonds is 4. The maximum atomic E-state index is 6.15. The van der Waals surface area contributed by atoms with Gasteiger partial charge in [0.1, 0.15) is 0 Å². The van der Waals surface area contributed by atoms with Crippen molar-refractivity contribution in [2.24, 2.45) is 5.92 Å². The molecule has 0 spiro atoms. The zero-order chi connectivity index (χ0) is 14.1. The predicted molar refractivity (Wildman–Crippen MR) is 79.8 cm³/mol. The lowest BCUT2D eigenvalue weighted by Gasteiger charge is -2.25. The third kappa shape index (κ3) is 3.14. The maximum absolute atomic E-state index is 6.15. The Morgan fingerprint density at radius 3 is 2.90 bits per heavy atom. The zero-order valence-electron chi connectivity index (χ0n) is 12.8. The standard InChI is InChI=1S/C16H26N4O/c1-2-7-19(8-3-1)10-14-11-20(18-17-14)12-15-9-13-5-4-6-16(13)21-15/h11,13,15-16H,1-10,12H2. The smallest absolute Gasteiger partial charge is 0.0967 e. The highest BCUT2D eigenvalue weighted by Gasteiger charge is 2.38. The van der Waals surface area contributed by atoms with Gasteiger partial charge in [-0.1, -0.05) is 18.1 Å². The van der Waals surface area contributed by atoms with Crippen LogP contribution in [-0.2, 0) is 17.8 Å². The van der Waals surface area contributed by atoms with Crippen LogP contribution in [0.3, 0.4) is 0 Å².